The van der Waals surface area contributed by atoms with Crippen LogP contribution in [0.25, 0.3) is 10.2 Å². The maximum Gasteiger partial charge on any atom is 0.348 e. The first-order chi connectivity index (χ1) is 8.40. The molecular weight excluding hydrogens is 252 g/mol. The molecule has 2 heterocycles. The standard InChI is InChI=1S/C12H12N2O3S/c1-5-4-6(2)13-11-8(5)9(14-7(3)15)10(18-11)12(16)17/h4H,1-3H3,(H,14,15)(H,16,17). The van der Waals surface area contributed by atoms with Crippen molar-refractivity contribution in [2.24, 2.45) is 0 Å². The highest BCUT2D eigenvalue weighted by molar-refractivity contribution is 7.21. The lowest BCUT2D eigenvalue weighted by atomic mass is 10.1. The number of aryl methyl sites for hydroxylation is 2. The fraction of sp³-hybridized carbons (Fsp3) is 0.250. The number of carbonyl (C=O) groups is 2. The van der Waals surface area contributed by atoms with Crippen LogP contribution in [0, 0.1) is 13.8 Å². The maximum atomic E-state index is 11.2. The predicted octanol–water partition coefficient (Wildman–Crippen LogP) is 2.57. The Bertz CT molecular complexity index is 661. The molecule has 2 rings (SSSR count). The van der Waals surface area contributed by atoms with Gasteiger partial charge in [0, 0.05) is 18.0 Å². The van der Waals surface area contributed by atoms with Gasteiger partial charge in [-0.1, -0.05) is 0 Å². The van der Waals surface area contributed by atoms with Gasteiger partial charge in [0.15, 0.2) is 0 Å². The van der Waals surface area contributed by atoms with Crippen LogP contribution in [0.5, 0.6) is 0 Å². The van der Waals surface area contributed by atoms with Gasteiger partial charge < -0.3 is 10.4 Å². The number of nitrogens with one attached hydrogen (secondary N) is 1. The molecule has 5 nitrogen and oxygen atoms in total. The molecule has 0 radical (unpaired) electrons. The summed E-state index contributed by atoms with van der Waals surface area (Å²) in [5.41, 5.74) is 2.08. The van der Waals surface area contributed by atoms with Crippen LogP contribution in [-0.4, -0.2) is 22.0 Å². The Morgan fingerprint density at radius 2 is 2.06 bits per heavy atom. The molecular formula is C12H12N2O3S. The molecule has 0 atom stereocenters. The zero-order valence-corrected chi connectivity index (χ0v) is 11.0. The molecule has 0 aromatic carbocycles. The average Bonchev–Trinajstić information content (AvgIpc) is 2.55. The minimum absolute atomic E-state index is 0.112. The normalized spacial score (nSPS) is 10.6. The van der Waals surface area contributed by atoms with Crippen molar-refractivity contribution >= 4 is 39.1 Å². The van der Waals surface area contributed by atoms with Crippen molar-refractivity contribution in [3.8, 4) is 0 Å². The van der Waals surface area contributed by atoms with Gasteiger partial charge in [-0.2, -0.15) is 0 Å². The van der Waals surface area contributed by atoms with E-state index >= 15 is 0 Å². The molecule has 0 fully saturated rings. The number of amides is 1. The Morgan fingerprint density at radius 1 is 1.39 bits per heavy atom. The largest absolute Gasteiger partial charge is 0.477 e. The van der Waals surface area contributed by atoms with Crippen LogP contribution in [0.15, 0.2) is 6.07 Å². The average molecular weight is 264 g/mol. The molecule has 0 unspecified atom stereocenters. The smallest absolute Gasteiger partial charge is 0.348 e. The van der Waals surface area contributed by atoms with Crippen LogP contribution in [0.2, 0.25) is 0 Å². The number of aromatic nitrogens is 1. The molecule has 2 aromatic heterocycles. The quantitative estimate of drug-likeness (QED) is 0.873. The highest BCUT2D eigenvalue weighted by Crippen LogP contribution is 2.37. The van der Waals surface area contributed by atoms with E-state index in [0.717, 1.165) is 22.6 Å². The predicted molar refractivity (Wildman–Crippen MR) is 70.4 cm³/mol. The van der Waals surface area contributed by atoms with Gasteiger partial charge >= 0.3 is 5.97 Å². The van der Waals surface area contributed by atoms with Gasteiger partial charge in [-0.05, 0) is 25.5 Å². The number of hydrogen-bond acceptors (Lipinski definition) is 4. The van der Waals surface area contributed by atoms with E-state index in [1.807, 2.05) is 19.9 Å². The summed E-state index contributed by atoms with van der Waals surface area (Å²) < 4.78 is 0. The number of carbonyl (C=O) groups excluding carboxylic acids is 1. The molecule has 0 saturated carbocycles. The molecule has 0 saturated heterocycles. The van der Waals surface area contributed by atoms with Gasteiger partial charge in [-0.15, -0.1) is 11.3 Å². The molecule has 2 aromatic rings. The van der Waals surface area contributed by atoms with Gasteiger partial charge in [0.05, 0.1) is 5.69 Å². The van der Waals surface area contributed by atoms with E-state index in [1.54, 1.807) is 0 Å². The number of nitrogens with zero attached hydrogens (tertiary/aromatic N) is 1. The number of rotatable bonds is 2. The summed E-state index contributed by atoms with van der Waals surface area (Å²) in [5.74, 6) is -1.35. The number of fused-ring (bicyclic) bond motifs is 1. The molecule has 0 aliphatic carbocycles. The second-order valence-electron chi connectivity index (χ2n) is 4.05. The maximum absolute atomic E-state index is 11.2. The van der Waals surface area contributed by atoms with Crippen molar-refractivity contribution in [1.29, 1.82) is 0 Å². The van der Waals surface area contributed by atoms with Gasteiger partial charge in [-0.25, -0.2) is 9.78 Å². The Morgan fingerprint density at radius 3 is 2.61 bits per heavy atom. The van der Waals surface area contributed by atoms with Crippen molar-refractivity contribution in [3.05, 3.63) is 22.2 Å². The fourth-order valence-electron chi connectivity index (χ4n) is 1.89. The molecule has 6 heteroatoms. The van der Waals surface area contributed by atoms with Crippen molar-refractivity contribution < 1.29 is 14.7 Å². The third kappa shape index (κ3) is 2.06. The molecule has 0 aliphatic heterocycles. The SMILES string of the molecule is CC(=O)Nc1c(C(=O)O)sc2nc(C)cc(C)c12. The number of thiophene rings is 1. The minimum atomic E-state index is -1.06. The summed E-state index contributed by atoms with van der Waals surface area (Å²) in [7, 11) is 0. The van der Waals surface area contributed by atoms with Gasteiger partial charge in [0.2, 0.25) is 5.91 Å². The zero-order chi connectivity index (χ0) is 13.4. The van der Waals surface area contributed by atoms with Crippen LogP contribution < -0.4 is 5.32 Å². The molecule has 1 amide bonds. The van der Waals surface area contributed by atoms with Crippen LogP contribution in [0.1, 0.15) is 27.9 Å². The van der Waals surface area contributed by atoms with Crippen LogP contribution in [0.3, 0.4) is 0 Å². The second-order valence-corrected chi connectivity index (χ2v) is 5.05. The third-order valence-corrected chi connectivity index (χ3v) is 3.55. The molecule has 18 heavy (non-hydrogen) atoms. The lowest BCUT2D eigenvalue weighted by molar-refractivity contribution is -0.114. The first kappa shape index (κ1) is 12.5. The summed E-state index contributed by atoms with van der Waals surface area (Å²) in [5, 5.41) is 12.5. The van der Waals surface area contributed by atoms with Crippen LogP contribution >= 0.6 is 11.3 Å². The molecule has 2 N–H and O–H groups in total. The number of hydrogen-bond donors (Lipinski definition) is 2. The molecule has 0 aliphatic rings. The lowest BCUT2D eigenvalue weighted by Gasteiger charge is -2.04. The van der Waals surface area contributed by atoms with E-state index < -0.39 is 5.97 Å². The van der Waals surface area contributed by atoms with Gasteiger partial charge in [-0.3, -0.25) is 4.79 Å². The van der Waals surface area contributed by atoms with E-state index in [4.69, 9.17) is 0 Å². The van der Waals surface area contributed by atoms with E-state index in [1.165, 1.54) is 6.92 Å². The second kappa shape index (κ2) is 4.38. The lowest BCUT2D eigenvalue weighted by Crippen LogP contribution is -2.09. The van der Waals surface area contributed by atoms with E-state index in [2.05, 4.69) is 10.3 Å². The summed E-state index contributed by atoms with van der Waals surface area (Å²) >= 11 is 1.08. The monoisotopic (exact) mass is 264 g/mol. The topological polar surface area (TPSA) is 79.3 Å². The fourth-order valence-corrected chi connectivity index (χ4v) is 2.98. The first-order valence-electron chi connectivity index (χ1n) is 5.31. The summed E-state index contributed by atoms with van der Waals surface area (Å²) in [6.45, 7) is 5.08. The van der Waals surface area contributed by atoms with Crippen molar-refractivity contribution in [3.63, 3.8) is 0 Å². The van der Waals surface area contributed by atoms with Gasteiger partial charge in [0.1, 0.15) is 9.71 Å². The highest BCUT2D eigenvalue weighted by atomic mass is 32.1. The summed E-state index contributed by atoms with van der Waals surface area (Å²) in [6.07, 6.45) is 0. The van der Waals surface area contributed by atoms with Crippen molar-refractivity contribution in [2.45, 2.75) is 20.8 Å². The van der Waals surface area contributed by atoms with E-state index in [-0.39, 0.29) is 10.8 Å². The minimum Gasteiger partial charge on any atom is -0.477 e. The zero-order valence-electron chi connectivity index (χ0n) is 10.2. The number of carboxylic acids is 1. The van der Waals surface area contributed by atoms with Crippen LogP contribution in [0.4, 0.5) is 5.69 Å². The van der Waals surface area contributed by atoms with Crippen molar-refractivity contribution in [1.82, 2.24) is 4.98 Å². The van der Waals surface area contributed by atoms with Crippen LogP contribution in [-0.2, 0) is 4.79 Å². The molecule has 0 spiro atoms. The Kier molecular flexibility index (Phi) is 3.04. The van der Waals surface area contributed by atoms with E-state index in [9.17, 15) is 14.7 Å². The number of pyridine rings is 1. The number of aromatic carboxylic acids is 1. The molecule has 94 valence electrons. The Hall–Kier alpha value is -1.95. The van der Waals surface area contributed by atoms with Crippen molar-refractivity contribution in [2.75, 3.05) is 5.32 Å². The third-order valence-electron chi connectivity index (χ3n) is 2.48. The summed E-state index contributed by atoms with van der Waals surface area (Å²) in [4.78, 5) is 27.4. The highest BCUT2D eigenvalue weighted by Gasteiger charge is 2.21. The summed E-state index contributed by atoms with van der Waals surface area (Å²) in [6, 6.07) is 1.87. The number of anilines is 1. The Labute approximate surface area is 107 Å². The first-order valence-corrected chi connectivity index (χ1v) is 6.13. The van der Waals surface area contributed by atoms with Gasteiger partial charge in [0.25, 0.3) is 0 Å². The number of carboxylic acid groups (broad SMARTS) is 1. The Balaban J connectivity index is 2.80. The van der Waals surface area contributed by atoms with E-state index in [0.29, 0.717) is 15.9 Å². The molecule has 0 bridgehead atoms.